The van der Waals surface area contributed by atoms with Gasteiger partial charge < -0.3 is 19.1 Å². The Hall–Kier alpha value is -4.48. The summed E-state index contributed by atoms with van der Waals surface area (Å²) in [5.74, 6) is -0.368. The summed E-state index contributed by atoms with van der Waals surface area (Å²) >= 11 is 6.97. The highest BCUT2D eigenvalue weighted by molar-refractivity contribution is 6.36. The number of rotatable bonds is 6. The number of amides is 1. The zero-order chi connectivity index (χ0) is 37.6. The topological polar surface area (TPSA) is 133 Å². The maximum atomic E-state index is 17.3. The van der Waals surface area contributed by atoms with Crippen molar-refractivity contribution in [3.8, 4) is 29.0 Å². The van der Waals surface area contributed by atoms with E-state index in [-0.39, 0.29) is 52.8 Å². The molecule has 53 heavy (non-hydrogen) atoms. The van der Waals surface area contributed by atoms with E-state index in [1.165, 1.54) is 7.11 Å². The number of aryl methyl sites for hydroxylation is 2. The number of aromatic nitrogens is 4. The van der Waals surface area contributed by atoms with Gasteiger partial charge in [0.15, 0.2) is 17.3 Å². The van der Waals surface area contributed by atoms with Crippen molar-refractivity contribution in [2.75, 3.05) is 44.8 Å². The van der Waals surface area contributed by atoms with E-state index in [9.17, 15) is 14.4 Å². The number of carbonyl (C=O) groups excluding carboxylic acids is 1. The van der Waals surface area contributed by atoms with Crippen LogP contribution in [0.15, 0.2) is 6.07 Å². The Labute approximate surface area is 311 Å². The first-order valence-corrected chi connectivity index (χ1v) is 18.5. The summed E-state index contributed by atoms with van der Waals surface area (Å²) < 4.78 is 50.1. The minimum Gasteiger partial charge on any atom is -0.493 e. The van der Waals surface area contributed by atoms with Crippen LogP contribution in [-0.2, 0) is 4.74 Å². The van der Waals surface area contributed by atoms with Crippen molar-refractivity contribution in [1.82, 2.24) is 30.0 Å². The van der Waals surface area contributed by atoms with Crippen LogP contribution in [0.2, 0.25) is 5.02 Å². The van der Waals surface area contributed by atoms with Crippen LogP contribution in [0.4, 0.5) is 19.4 Å². The average molecular weight is 749 g/mol. The molecule has 2 aromatic heterocycles. The fraction of sp³-hybridized carbons (Fsp3) is 0.553. The van der Waals surface area contributed by atoms with Gasteiger partial charge in [-0.25, -0.2) is 13.6 Å². The molecule has 8 rings (SSSR count). The van der Waals surface area contributed by atoms with Gasteiger partial charge in [0.2, 0.25) is 0 Å². The van der Waals surface area contributed by atoms with Crippen molar-refractivity contribution in [3.63, 3.8) is 0 Å². The van der Waals surface area contributed by atoms with Crippen LogP contribution in [0.1, 0.15) is 69.7 Å². The van der Waals surface area contributed by atoms with Gasteiger partial charge in [0.1, 0.15) is 30.3 Å². The predicted molar refractivity (Wildman–Crippen MR) is 196 cm³/mol. The Kier molecular flexibility index (Phi) is 8.61. The number of alkyl halides is 1. The number of fused-ring (bicyclic) bond motifs is 5. The first kappa shape index (κ1) is 35.5. The molecule has 2 aromatic carbocycles. The van der Waals surface area contributed by atoms with Crippen molar-refractivity contribution in [3.05, 3.63) is 33.7 Å². The van der Waals surface area contributed by atoms with E-state index in [4.69, 9.17) is 35.8 Å². The number of nitrogens with zero attached hydrogens (tertiary/aromatic N) is 7. The molecule has 4 aliphatic heterocycles. The fourth-order valence-electron chi connectivity index (χ4n) is 9.15. The molecule has 15 heteroatoms. The number of aromatic amines is 1. The third kappa shape index (κ3) is 5.78. The van der Waals surface area contributed by atoms with Crippen LogP contribution in [0.25, 0.3) is 32.9 Å². The normalized spacial score (nSPS) is 24.3. The van der Waals surface area contributed by atoms with Crippen molar-refractivity contribution in [2.24, 2.45) is 0 Å². The molecule has 1 N–H and O–H groups in total. The van der Waals surface area contributed by atoms with Gasteiger partial charge in [-0.05, 0) is 84.0 Å². The summed E-state index contributed by atoms with van der Waals surface area (Å²) in [4.78, 5) is 29.3. The number of carbonyl (C=O) groups is 1. The largest absolute Gasteiger partial charge is 0.493 e. The number of piperazine rings is 1. The molecule has 4 fully saturated rings. The number of anilines is 1. The molecule has 6 heterocycles. The molecule has 2 bridgehead atoms. The van der Waals surface area contributed by atoms with Crippen LogP contribution in [-0.4, -0.2) is 105 Å². The average Bonchev–Trinajstić information content (AvgIpc) is 3.84. The van der Waals surface area contributed by atoms with E-state index < -0.39 is 23.1 Å². The standard InChI is InChI=1S/C38H43ClF2N8O4/c1-19-12-24-27(25(14-42)46-45-24)28(30(19)39)26-20(2)32-29(33(51-6)31(26)41)34(44-35(43-32)52-18-38-10-7-11-48(38)15-21(40)13-38)47-16-22-8-9-23(17-47)49(22)36(50)53-37(3,4)5/h12,21-23H,7-11,13,15-18H2,1-6H3,(H,45,46)/t21-,22?,23?,38+/m1/s1. The maximum absolute atomic E-state index is 17.3. The lowest BCUT2D eigenvalue weighted by Crippen LogP contribution is -2.57. The minimum absolute atomic E-state index is 0.0715. The number of nitrogens with one attached hydrogen (secondary N) is 1. The molecule has 0 spiro atoms. The number of nitriles is 1. The molecule has 0 radical (unpaired) electrons. The van der Waals surface area contributed by atoms with Crippen molar-refractivity contribution >= 4 is 45.3 Å². The highest BCUT2D eigenvalue weighted by atomic mass is 35.5. The molecular formula is C38H43ClF2N8O4. The van der Waals surface area contributed by atoms with E-state index in [1.54, 1.807) is 19.9 Å². The quantitative estimate of drug-likeness (QED) is 0.220. The van der Waals surface area contributed by atoms with Crippen molar-refractivity contribution < 1.29 is 27.8 Å². The molecule has 4 saturated heterocycles. The van der Waals surface area contributed by atoms with Crippen molar-refractivity contribution in [1.29, 1.82) is 5.26 Å². The maximum Gasteiger partial charge on any atom is 0.410 e. The number of benzene rings is 2. The Morgan fingerprint density at radius 3 is 2.57 bits per heavy atom. The summed E-state index contributed by atoms with van der Waals surface area (Å²) in [6, 6.07) is 3.62. The van der Waals surface area contributed by atoms with Gasteiger partial charge in [-0.15, -0.1) is 0 Å². The molecule has 12 nitrogen and oxygen atoms in total. The van der Waals surface area contributed by atoms with Gasteiger partial charge in [-0.2, -0.15) is 20.3 Å². The summed E-state index contributed by atoms with van der Waals surface area (Å²) in [5, 5.41) is 18.0. The Balaban J connectivity index is 1.30. The van der Waals surface area contributed by atoms with E-state index in [0.29, 0.717) is 70.4 Å². The van der Waals surface area contributed by atoms with Gasteiger partial charge in [0, 0.05) is 42.6 Å². The Morgan fingerprint density at radius 1 is 1.15 bits per heavy atom. The highest BCUT2D eigenvalue weighted by Crippen LogP contribution is 2.49. The summed E-state index contributed by atoms with van der Waals surface area (Å²) in [7, 11) is 1.39. The number of hydrogen-bond acceptors (Lipinski definition) is 10. The zero-order valence-corrected chi connectivity index (χ0v) is 31.5. The van der Waals surface area contributed by atoms with E-state index in [2.05, 4.69) is 26.1 Å². The SMILES string of the molecule is COc1c(F)c(-c2c(Cl)c(C)cc3[nH]nc(C#N)c23)c(C)c2nc(OC[C@@]34CCCN3C[C@H](F)C4)nc(N3CC4CCC(C3)N4C(=O)OC(C)(C)C)c12. The molecule has 280 valence electrons. The molecular weight excluding hydrogens is 706 g/mol. The van der Waals surface area contributed by atoms with Crippen LogP contribution >= 0.6 is 11.6 Å². The molecule has 0 aliphatic carbocycles. The van der Waals surface area contributed by atoms with Gasteiger partial charge in [-0.3, -0.25) is 14.9 Å². The molecule has 4 atom stereocenters. The third-order valence-electron chi connectivity index (χ3n) is 11.4. The predicted octanol–water partition coefficient (Wildman–Crippen LogP) is 7.01. The number of halogens is 3. The lowest BCUT2D eigenvalue weighted by molar-refractivity contribution is 0.0122. The molecule has 0 saturated carbocycles. The number of ether oxygens (including phenoxy) is 3. The second-order valence-corrected chi connectivity index (χ2v) is 16.3. The van der Waals surface area contributed by atoms with E-state index in [1.807, 2.05) is 25.7 Å². The van der Waals surface area contributed by atoms with Crippen LogP contribution in [0.5, 0.6) is 11.8 Å². The zero-order valence-electron chi connectivity index (χ0n) is 30.8. The van der Waals surface area contributed by atoms with Gasteiger partial charge >= 0.3 is 12.1 Å². The number of H-pyrrole nitrogens is 1. The number of methoxy groups -OCH3 is 1. The molecule has 4 aromatic rings. The van der Waals surface area contributed by atoms with E-state index >= 15 is 4.39 Å². The lowest BCUT2D eigenvalue weighted by Gasteiger charge is -2.42. The summed E-state index contributed by atoms with van der Waals surface area (Å²) in [5.41, 5.74) is 1.40. The minimum atomic E-state index is -0.932. The fourth-order valence-corrected chi connectivity index (χ4v) is 9.39. The molecule has 4 aliphatic rings. The van der Waals surface area contributed by atoms with Crippen molar-refractivity contribution in [2.45, 2.75) is 96.1 Å². The first-order valence-electron chi connectivity index (χ1n) is 18.2. The van der Waals surface area contributed by atoms with Crippen LogP contribution in [0.3, 0.4) is 0 Å². The smallest absolute Gasteiger partial charge is 0.410 e. The summed E-state index contributed by atoms with van der Waals surface area (Å²) in [6.45, 7) is 11.3. The van der Waals surface area contributed by atoms with Gasteiger partial charge in [0.25, 0.3) is 0 Å². The number of hydrogen-bond donors (Lipinski definition) is 1. The monoisotopic (exact) mass is 748 g/mol. The van der Waals surface area contributed by atoms with Gasteiger partial charge in [-0.1, -0.05) is 11.6 Å². The molecule has 1 amide bonds. The van der Waals surface area contributed by atoms with Gasteiger partial charge in [0.05, 0.1) is 46.2 Å². The van der Waals surface area contributed by atoms with Crippen LogP contribution < -0.4 is 14.4 Å². The Bertz CT molecular complexity index is 2190. The second-order valence-electron chi connectivity index (χ2n) is 15.9. The third-order valence-corrected chi connectivity index (χ3v) is 11.9. The lowest BCUT2D eigenvalue weighted by atomic mass is 9.91. The second kappa shape index (κ2) is 12.8. The summed E-state index contributed by atoms with van der Waals surface area (Å²) in [6.07, 6.45) is 2.40. The van der Waals surface area contributed by atoms with E-state index in [0.717, 1.165) is 32.2 Å². The van der Waals surface area contributed by atoms with Crippen LogP contribution in [0, 0.1) is 31.0 Å². The highest BCUT2D eigenvalue weighted by Gasteiger charge is 2.50. The first-order chi connectivity index (χ1) is 25.2. The Morgan fingerprint density at radius 2 is 1.89 bits per heavy atom. The molecule has 2 unspecified atom stereocenters.